The molecule has 2 N–H and O–H groups in total. The highest BCUT2D eigenvalue weighted by Gasteiger charge is 2.41. The summed E-state index contributed by atoms with van der Waals surface area (Å²) >= 11 is 6.03. The number of carbonyl (C=O) groups excluding carboxylic acids is 2. The molecular weight excluding hydrogens is 316 g/mol. The second kappa shape index (κ2) is 6.49. The summed E-state index contributed by atoms with van der Waals surface area (Å²) < 4.78 is 5.46. The Morgan fingerprint density at radius 2 is 2.09 bits per heavy atom. The Balaban J connectivity index is 2.39. The van der Waals surface area contributed by atoms with E-state index in [0.717, 1.165) is 5.56 Å². The van der Waals surface area contributed by atoms with Gasteiger partial charge in [-0.3, -0.25) is 9.69 Å². The molecule has 0 radical (unpaired) electrons. The maximum absolute atomic E-state index is 12.6. The average molecular weight is 339 g/mol. The second-order valence-corrected chi connectivity index (χ2v) is 7.20. The van der Waals surface area contributed by atoms with Crippen molar-refractivity contribution in [1.29, 1.82) is 0 Å². The predicted octanol–water partition coefficient (Wildman–Crippen LogP) is 3.31. The maximum Gasteiger partial charge on any atom is 0.415 e. The molecule has 2 atom stereocenters. The molecule has 1 amide bonds. The average Bonchev–Trinajstić information content (AvgIpc) is 2.82. The molecule has 126 valence electrons. The summed E-state index contributed by atoms with van der Waals surface area (Å²) in [6.45, 7) is 7.22. The predicted molar refractivity (Wildman–Crippen MR) is 90.9 cm³/mol. The molecule has 1 aliphatic rings. The number of nitrogens with zero attached hydrogens (tertiary/aromatic N) is 1. The van der Waals surface area contributed by atoms with Crippen LogP contribution in [-0.4, -0.2) is 29.6 Å². The largest absolute Gasteiger partial charge is 0.443 e. The smallest absolute Gasteiger partial charge is 0.415 e. The molecule has 23 heavy (non-hydrogen) atoms. The van der Waals surface area contributed by atoms with Gasteiger partial charge in [-0.25, -0.2) is 4.79 Å². The lowest BCUT2D eigenvalue weighted by Gasteiger charge is -2.29. The van der Waals surface area contributed by atoms with Crippen molar-refractivity contribution in [3.63, 3.8) is 0 Å². The highest BCUT2D eigenvalue weighted by molar-refractivity contribution is 6.30. The summed E-state index contributed by atoms with van der Waals surface area (Å²) in [5.41, 5.74) is 6.76. The SMILES string of the molecule is CCC(N)C(=O)[C@@H]1Cc2cc(Cl)ccc2N1C(=O)OC(C)(C)C. The number of benzene rings is 1. The molecule has 6 heteroatoms. The summed E-state index contributed by atoms with van der Waals surface area (Å²) in [7, 11) is 0. The van der Waals surface area contributed by atoms with Crippen molar-refractivity contribution >= 4 is 29.2 Å². The lowest BCUT2D eigenvalue weighted by Crippen LogP contribution is -2.50. The number of ether oxygens (including phenoxy) is 1. The summed E-state index contributed by atoms with van der Waals surface area (Å²) in [4.78, 5) is 26.6. The number of rotatable bonds is 3. The fourth-order valence-electron chi connectivity index (χ4n) is 2.63. The van der Waals surface area contributed by atoms with E-state index in [2.05, 4.69) is 0 Å². The number of Topliss-reactive ketones (excluding diaryl/α,β-unsaturated/α-hetero) is 1. The van der Waals surface area contributed by atoms with E-state index in [1.807, 2.05) is 6.92 Å². The third kappa shape index (κ3) is 3.85. The van der Waals surface area contributed by atoms with Gasteiger partial charge in [0.25, 0.3) is 0 Å². The van der Waals surface area contributed by atoms with Crippen molar-refractivity contribution in [3.8, 4) is 0 Å². The van der Waals surface area contributed by atoms with Crippen LogP contribution in [0.2, 0.25) is 5.02 Å². The van der Waals surface area contributed by atoms with Gasteiger partial charge in [0.2, 0.25) is 0 Å². The summed E-state index contributed by atoms with van der Waals surface area (Å²) in [6, 6.07) is 3.97. The Hall–Kier alpha value is -1.59. The van der Waals surface area contributed by atoms with Crippen LogP contribution in [0.1, 0.15) is 39.7 Å². The van der Waals surface area contributed by atoms with Crippen molar-refractivity contribution < 1.29 is 14.3 Å². The van der Waals surface area contributed by atoms with Gasteiger partial charge in [-0.05, 0) is 51.0 Å². The molecule has 5 nitrogen and oxygen atoms in total. The fraction of sp³-hybridized carbons (Fsp3) is 0.529. The molecule has 1 aliphatic heterocycles. The lowest BCUT2D eigenvalue weighted by molar-refractivity contribution is -0.121. The van der Waals surface area contributed by atoms with Crippen molar-refractivity contribution in [2.45, 2.75) is 58.2 Å². The van der Waals surface area contributed by atoms with Crippen LogP contribution in [0.5, 0.6) is 0 Å². The van der Waals surface area contributed by atoms with Gasteiger partial charge < -0.3 is 10.5 Å². The van der Waals surface area contributed by atoms with Crippen molar-refractivity contribution in [2.75, 3.05) is 4.90 Å². The number of ketones is 1. The van der Waals surface area contributed by atoms with E-state index in [1.165, 1.54) is 4.90 Å². The van der Waals surface area contributed by atoms with E-state index < -0.39 is 23.8 Å². The van der Waals surface area contributed by atoms with Gasteiger partial charge in [-0.15, -0.1) is 0 Å². The van der Waals surface area contributed by atoms with Crippen LogP contribution in [0.4, 0.5) is 10.5 Å². The van der Waals surface area contributed by atoms with E-state index in [1.54, 1.807) is 39.0 Å². The Labute approximate surface area is 141 Å². The maximum atomic E-state index is 12.6. The summed E-state index contributed by atoms with van der Waals surface area (Å²) in [5, 5.41) is 0.570. The van der Waals surface area contributed by atoms with Crippen molar-refractivity contribution in [3.05, 3.63) is 28.8 Å². The van der Waals surface area contributed by atoms with Gasteiger partial charge in [0.15, 0.2) is 5.78 Å². The van der Waals surface area contributed by atoms with Gasteiger partial charge >= 0.3 is 6.09 Å². The zero-order valence-corrected chi connectivity index (χ0v) is 14.7. The van der Waals surface area contributed by atoms with E-state index in [0.29, 0.717) is 23.6 Å². The molecule has 0 saturated heterocycles. The number of carbonyl (C=O) groups is 2. The van der Waals surface area contributed by atoms with E-state index in [9.17, 15) is 9.59 Å². The topological polar surface area (TPSA) is 72.6 Å². The third-order valence-electron chi connectivity index (χ3n) is 3.75. The molecule has 0 fully saturated rings. The quantitative estimate of drug-likeness (QED) is 0.917. The first-order valence-electron chi connectivity index (χ1n) is 7.74. The van der Waals surface area contributed by atoms with Crippen LogP contribution >= 0.6 is 11.6 Å². The van der Waals surface area contributed by atoms with E-state index in [-0.39, 0.29) is 5.78 Å². The van der Waals surface area contributed by atoms with Crippen LogP contribution in [-0.2, 0) is 16.0 Å². The molecule has 1 unspecified atom stereocenters. The zero-order valence-electron chi connectivity index (χ0n) is 13.9. The van der Waals surface area contributed by atoms with Crippen LogP contribution in [0.15, 0.2) is 18.2 Å². The second-order valence-electron chi connectivity index (χ2n) is 6.76. The molecule has 0 aromatic heterocycles. The first kappa shape index (κ1) is 17.8. The van der Waals surface area contributed by atoms with Crippen molar-refractivity contribution in [2.24, 2.45) is 5.73 Å². The van der Waals surface area contributed by atoms with Gasteiger partial charge in [0.05, 0.1) is 11.7 Å². The van der Waals surface area contributed by atoms with Crippen LogP contribution in [0, 0.1) is 0 Å². The highest BCUT2D eigenvalue weighted by atomic mass is 35.5. The number of amides is 1. The number of fused-ring (bicyclic) bond motifs is 1. The number of hydrogen-bond acceptors (Lipinski definition) is 4. The molecule has 0 spiro atoms. The molecule has 1 heterocycles. The van der Waals surface area contributed by atoms with E-state index in [4.69, 9.17) is 22.1 Å². The molecule has 2 rings (SSSR count). The van der Waals surface area contributed by atoms with Gasteiger partial charge in [0, 0.05) is 11.4 Å². The normalized spacial score (nSPS) is 18.5. The zero-order chi connectivity index (χ0) is 17.4. The fourth-order valence-corrected chi connectivity index (χ4v) is 2.83. The molecule has 0 saturated carbocycles. The number of nitrogens with two attached hydrogens (primary N) is 1. The Kier molecular flexibility index (Phi) is 5.01. The lowest BCUT2D eigenvalue weighted by atomic mass is 10.0. The van der Waals surface area contributed by atoms with Crippen LogP contribution in [0.3, 0.4) is 0 Å². The summed E-state index contributed by atoms with van der Waals surface area (Å²) in [5.74, 6) is -0.161. The summed E-state index contributed by atoms with van der Waals surface area (Å²) in [6.07, 6.45) is 0.385. The molecule has 0 bridgehead atoms. The number of anilines is 1. The monoisotopic (exact) mass is 338 g/mol. The minimum atomic E-state index is -0.646. The molecular formula is C17H23ClN2O3. The molecule has 1 aromatic rings. The molecule has 0 aliphatic carbocycles. The number of halogens is 1. The Morgan fingerprint density at radius 1 is 1.43 bits per heavy atom. The van der Waals surface area contributed by atoms with Crippen LogP contribution < -0.4 is 10.6 Å². The number of hydrogen-bond donors (Lipinski definition) is 1. The first-order chi connectivity index (χ1) is 10.6. The van der Waals surface area contributed by atoms with Crippen LogP contribution in [0.25, 0.3) is 0 Å². The Bertz CT molecular complexity index is 625. The van der Waals surface area contributed by atoms with Gasteiger partial charge in [-0.1, -0.05) is 18.5 Å². The minimum Gasteiger partial charge on any atom is -0.443 e. The highest BCUT2D eigenvalue weighted by Crippen LogP contribution is 2.36. The molecule has 1 aromatic carbocycles. The van der Waals surface area contributed by atoms with Gasteiger partial charge in [0.1, 0.15) is 11.6 Å². The minimum absolute atomic E-state index is 0.161. The third-order valence-corrected chi connectivity index (χ3v) is 3.99. The first-order valence-corrected chi connectivity index (χ1v) is 8.11. The van der Waals surface area contributed by atoms with E-state index >= 15 is 0 Å². The standard InChI is InChI=1S/C17H23ClN2O3/c1-5-12(19)15(21)14-9-10-8-11(18)6-7-13(10)20(14)16(22)23-17(2,3)4/h6-8,12,14H,5,9,19H2,1-4H3/t12?,14-/m0/s1. The Morgan fingerprint density at radius 3 is 2.65 bits per heavy atom. The van der Waals surface area contributed by atoms with Crippen molar-refractivity contribution in [1.82, 2.24) is 0 Å². The van der Waals surface area contributed by atoms with Gasteiger partial charge in [-0.2, -0.15) is 0 Å².